The second-order valence-electron chi connectivity index (χ2n) is 4.31. The molecule has 0 bridgehead atoms. The Bertz CT molecular complexity index is 762. The molecule has 23 heavy (non-hydrogen) atoms. The second kappa shape index (κ2) is 6.60. The number of carboxylic acids is 1. The van der Waals surface area contributed by atoms with Crippen molar-refractivity contribution in [3.8, 4) is 17.2 Å². The van der Waals surface area contributed by atoms with Crippen LogP contribution in [0.15, 0.2) is 30.5 Å². The zero-order valence-electron chi connectivity index (χ0n) is 12.3. The van der Waals surface area contributed by atoms with Crippen LogP contribution in [0.4, 0.5) is 11.4 Å². The monoisotopic (exact) mass is 319 g/mol. The molecular formula is C14H13N3O6. The van der Waals surface area contributed by atoms with E-state index in [1.807, 2.05) is 0 Å². The summed E-state index contributed by atoms with van der Waals surface area (Å²) in [6.45, 7) is 0. The quantitative estimate of drug-likeness (QED) is 0.615. The van der Waals surface area contributed by atoms with E-state index in [0.29, 0.717) is 0 Å². The molecule has 0 radical (unpaired) electrons. The van der Waals surface area contributed by atoms with Gasteiger partial charge in [0.25, 0.3) is 5.69 Å². The lowest BCUT2D eigenvalue weighted by atomic mass is 10.2. The Kier molecular flexibility index (Phi) is 4.60. The van der Waals surface area contributed by atoms with Crippen LogP contribution in [0.1, 0.15) is 10.5 Å². The predicted molar refractivity (Wildman–Crippen MR) is 80.5 cm³/mol. The van der Waals surface area contributed by atoms with E-state index >= 15 is 0 Å². The first kappa shape index (κ1) is 16.0. The van der Waals surface area contributed by atoms with Gasteiger partial charge in [0.15, 0.2) is 17.2 Å². The molecule has 0 spiro atoms. The molecule has 0 saturated carbocycles. The first-order valence-corrected chi connectivity index (χ1v) is 6.37. The summed E-state index contributed by atoms with van der Waals surface area (Å²) < 4.78 is 10.7. The third-order valence-corrected chi connectivity index (χ3v) is 2.93. The SMILES string of the molecule is CNc1cc(OC)c(Oc2ccnc(C(=O)O)c2)cc1[N+](=O)[O-]. The van der Waals surface area contributed by atoms with Crippen molar-refractivity contribution in [2.75, 3.05) is 19.5 Å². The van der Waals surface area contributed by atoms with E-state index in [4.69, 9.17) is 14.6 Å². The maximum absolute atomic E-state index is 11.1. The molecule has 2 aromatic rings. The molecule has 0 aliphatic rings. The van der Waals surface area contributed by atoms with Crippen LogP contribution in [-0.2, 0) is 0 Å². The third kappa shape index (κ3) is 3.46. The van der Waals surface area contributed by atoms with Gasteiger partial charge in [0.2, 0.25) is 0 Å². The number of rotatable bonds is 6. The van der Waals surface area contributed by atoms with Gasteiger partial charge in [-0.3, -0.25) is 10.1 Å². The summed E-state index contributed by atoms with van der Waals surface area (Å²) in [6, 6.07) is 5.27. The highest BCUT2D eigenvalue weighted by atomic mass is 16.6. The summed E-state index contributed by atoms with van der Waals surface area (Å²) in [6.07, 6.45) is 1.27. The van der Waals surface area contributed by atoms with Crippen LogP contribution in [0.25, 0.3) is 0 Å². The van der Waals surface area contributed by atoms with Gasteiger partial charge in [0.05, 0.1) is 18.1 Å². The maximum Gasteiger partial charge on any atom is 0.354 e. The number of pyridine rings is 1. The number of anilines is 1. The van der Waals surface area contributed by atoms with Gasteiger partial charge >= 0.3 is 5.97 Å². The summed E-state index contributed by atoms with van der Waals surface area (Å²) in [5.41, 5.74) is -0.140. The Morgan fingerprint density at radius 3 is 2.65 bits per heavy atom. The largest absolute Gasteiger partial charge is 0.493 e. The fourth-order valence-electron chi connectivity index (χ4n) is 1.86. The molecule has 9 heteroatoms. The minimum Gasteiger partial charge on any atom is -0.493 e. The van der Waals surface area contributed by atoms with Crippen LogP contribution in [0.2, 0.25) is 0 Å². The molecule has 0 fully saturated rings. The molecule has 0 aliphatic carbocycles. The average Bonchev–Trinajstić information content (AvgIpc) is 2.54. The van der Waals surface area contributed by atoms with Crippen LogP contribution >= 0.6 is 0 Å². The number of nitro groups is 1. The van der Waals surface area contributed by atoms with Gasteiger partial charge in [-0.1, -0.05) is 0 Å². The number of ether oxygens (including phenoxy) is 2. The molecular weight excluding hydrogens is 306 g/mol. The number of nitrogens with zero attached hydrogens (tertiary/aromatic N) is 2. The predicted octanol–water partition coefficient (Wildman–Crippen LogP) is 2.53. The lowest BCUT2D eigenvalue weighted by Crippen LogP contribution is -2.01. The van der Waals surface area contributed by atoms with E-state index in [0.717, 1.165) is 0 Å². The van der Waals surface area contributed by atoms with E-state index in [1.165, 1.54) is 37.6 Å². The molecule has 1 aromatic heterocycles. The van der Waals surface area contributed by atoms with Gasteiger partial charge in [0.1, 0.15) is 11.4 Å². The van der Waals surface area contributed by atoms with Gasteiger partial charge < -0.3 is 19.9 Å². The van der Waals surface area contributed by atoms with E-state index < -0.39 is 10.9 Å². The standard InChI is InChI=1S/C14H13N3O6/c1-15-9-6-12(22-2)13(7-11(9)17(20)21)23-8-3-4-16-10(5-8)14(18)19/h3-7,15H,1-2H3,(H,18,19). The van der Waals surface area contributed by atoms with E-state index in [9.17, 15) is 14.9 Å². The summed E-state index contributed by atoms with van der Waals surface area (Å²) in [5.74, 6) is -0.699. The molecule has 2 rings (SSSR count). The average molecular weight is 319 g/mol. The highest BCUT2D eigenvalue weighted by Gasteiger charge is 2.20. The summed E-state index contributed by atoms with van der Waals surface area (Å²) in [4.78, 5) is 25.1. The lowest BCUT2D eigenvalue weighted by Gasteiger charge is -2.12. The van der Waals surface area contributed by atoms with Crippen molar-refractivity contribution in [1.82, 2.24) is 4.98 Å². The minimum absolute atomic E-state index is 0.0840. The van der Waals surface area contributed by atoms with Gasteiger partial charge in [-0.05, 0) is 6.07 Å². The van der Waals surface area contributed by atoms with Crippen molar-refractivity contribution in [3.05, 3.63) is 46.3 Å². The minimum atomic E-state index is -1.21. The molecule has 1 heterocycles. The zero-order chi connectivity index (χ0) is 17.0. The van der Waals surface area contributed by atoms with Gasteiger partial charge in [-0.2, -0.15) is 0 Å². The Hall–Kier alpha value is -3.36. The fraction of sp³-hybridized carbons (Fsp3) is 0.143. The van der Waals surface area contributed by atoms with E-state index in [1.54, 1.807) is 7.05 Å². The number of benzene rings is 1. The van der Waals surface area contributed by atoms with Crippen molar-refractivity contribution in [3.63, 3.8) is 0 Å². The smallest absolute Gasteiger partial charge is 0.354 e. The van der Waals surface area contributed by atoms with Crippen molar-refractivity contribution in [1.29, 1.82) is 0 Å². The molecule has 9 nitrogen and oxygen atoms in total. The molecule has 2 N–H and O–H groups in total. The highest BCUT2D eigenvalue weighted by Crippen LogP contribution is 2.39. The van der Waals surface area contributed by atoms with Crippen LogP contribution in [0, 0.1) is 10.1 Å². The summed E-state index contributed by atoms with van der Waals surface area (Å²) >= 11 is 0. The Labute approximate surface area is 130 Å². The normalized spacial score (nSPS) is 10.0. The molecule has 0 aliphatic heterocycles. The van der Waals surface area contributed by atoms with Crippen molar-refractivity contribution in [2.45, 2.75) is 0 Å². The number of nitrogens with one attached hydrogen (secondary N) is 1. The summed E-state index contributed by atoms with van der Waals surface area (Å²) in [5, 5.41) is 22.7. The van der Waals surface area contributed by atoms with Crippen LogP contribution in [0.3, 0.4) is 0 Å². The molecule has 0 unspecified atom stereocenters. The van der Waals surface area contributed by atoms with Gasteiger partial charge in [0, 0.05) is 25.4 Å². The number of nitro benzene ring substituents is 1. The Morgan fingerprint density at radius 1 is 1.35 bits per heavy atom. The second-order valence-corrected chi connectivity index (χ2v) is 4.31. The van der Waals surface area contributed by atoms with Crippen LogP contribution in [0.5, 0.6) is 17.2 Å². The van der Waals surface area contributed by atoms with Crippen LogP contribution < -0.4 is 14.8 Å². The molecule has 0 amide bonds. The first-order chi connectivity index (χ1) is 11.0. The lowest BCUT2D eigenvalue weighted by molar-refractivity contribution is -0.384. The number of carbonyl (C=O) groups is 1. The number of aromatic carboxylic acids is 1. The molecule has 0 atom stereocenters. The fourth-order valence-corrected chi connectivity index (χ4v) is 1.86. The maximum atomic E-state index is 11.1. The van der Waals surface area contributed by atoms with Crippen molar-refractivity contribution < 1.29 is 24.3 Å². The zero-order valence-corrected chi connectivity index (χ0v) is 12.3. The van der Waals surface area contributed by atoms with Gasteiger partial charge in [-0.25, -0.2) is 9.78 Å². The third-order valence-electron chi connectivity index (χ3n) is 2.93. The Balaban J connectivity index is 2.46. The summed E-state index contributed by atoms with van der Waals surface area (Å²) in [7, 11) is 2.94. The van der Waals surface area contributed by atoms with Crippen LogP contribution in [-0.4, -0.2) is 35.1 Å². The number of hydrogen-bond donors (Lipinski definition) is 2. The molecule has 120 valence electrons. The van der Waals surface area contributed by atoms with Gasteiger partial charge in [-0.15, -0.1) is 0 Å². The Morgan fingerprint density at radius 2 is 2.09 bits per heavy atom. The number of aromatic nitrogens is 1. The number of hydrogen-bond acceptors (Lipinski definition) is 7. The highest BCUT2D eigenvalue weighted by molar-refractivity contribution is 5.85. The molecule has 0 saturated heterocycles. The van der Waals surface area contributed by atoms with E-state index in [-0.39, 0.29) is 34.3 Å². The molecule has 1 aromatic carbocycles. The van der Waals surface area contributed by atoms with Crippen molar-refractivity contribution in [2.24, 2.45) is 0 Å². The van der Waals surface area contributed by atoms with Crippen molar-refractivity contribution >= 4 is 17.3 Å². The first-order valence-electron chi connectivity index (χ1n) is 6.37. The van der Waals surface area contributed by atoms with E-state index in [2.05, 4.69) is 10.3 Å². The number of methoxy groups -OCH3 is 1. The topological polar surface area (TPSA) is 124 Å². The number of carboxylic acid groups (broad SMARTS) is 1.